The summed E-state index contributed by atoms with van der Waals surface area (Å²) in [6.45, 7) is -0.0494. The molecule has 2 unspecified atom stereocenters. The number of pyridine rings is 1. The van der Waals surface area contributed by atoms with E-state index in [1.807, 2.05) is 42.5 Å². The van der Waals surface area contributed by atoms with Gasteiger partial charge in [-0.1, -0.05) is 48.5 Å². The molecule has 0 aliphatic rings. The second-order valence-electron chi connectivity index (χ2n) is 6.20. The van der Waals surface area contributed by atoms with Gasteiger partial charge in [-0.25, -0.2) is 4.39 Å². The predicted octanol–water partition coefficient (Wildman–Crippen LogP) is 3.86. The molecule has 4 nitrogen and oxygen atoms in total. The molecule has 2 aromatic carbocycles. The smallest absolute Gasteiger partial charge is 0.246 e. The molecule has 138 valence electrons. The van der Waals surface area contributed by atoms with Gasteiger partial charge in [-0.15, -0.1) is 0 Å². The lowest BCUT2D eigenvalue weighted by Crippen LogP contribution is -2.35. The van der Waals surface area contributed by atoms with E-state index in [1.165, 1.54) is 19.2 Å². The SMILES string of the molecule is COCC(=O)NC(c1ccc(F)cc1)C(c1ccccc1)c1cccnc1. The predicted molar refractivity (Wildman–Crippen MR) is 102 cm³/mol. The highest BCUT2D eigenvalue weighted by Crippen LogP contribution is 2.36. The fraction of sp³-hybridized carbons (Fsp3) is 0.182. The molecule has 3 rings (SSSR count). The normalized spacial score (nSPS) is 13.0. The maximum Gasteiger partial charge on any atom is 0.246 e. The number of carbonyl (C=O) groups is 1. The highest BCUT2D eigenvalue weighted by molar-refractivity contribution is 5.78. The number of halogens is 1. The Bertz CT molecular complexity index is 815. The molecule has 3 aromatic rings. The highest BCUT2D eigenvalue weighted by atomic mass is 19.1. The average molecular weight is 364 g/mol. The van der Waals surface area contributed by atoms with Gasteiger partial charge in [0.2, 0.25) is 5.91 Å². The second kappa shape index (κ2) is 9.05. The Morgan fingerprint density at radius 1 is 1.00 bits per heavy atom. The van der Waals surface area contributed by atoms with Crippen molar-refractivity contribution < 1.29 is 13.9 Å². The van der Waals surface area contributed by atoms with E-state index in [2.05, 4.69) is 10.3 Å². The van der Waals surface area contributed by atoms with E-state index in [0.29, 0.717) is 0 Å². The number of aromatic nitrogens is 1. The summed E-state index contributed by atoms with van der Waals surface area (Å²) in [7, 11) is 1.47. The number of methoxy groups -OCH3 is 1. The summed E-state index contributed by atoms with van der Waals surface area (Å²) < 4.78 is 18.4. The highest BCUT2D eigenvalue weighted by Gasteiger charge is 2.28. The fourth-order valence-corrected chi connectivity index (χ4v) is 3.17. The molecule has 1 aromatic heterocycles. The summed E-state index contributed by atoms with van der Waals surface area (Å²) in [5.74, 6) is -0.749. The number of hydrogen-bond donors (Lipinski definition) is 1. The monoisotopic (exact) mass is 364 g/mol. The van der Waals surface area contributed by atoms with Crippen molar-refractivity contribution in [1.29, 1.82) is 0 Å². The standard InChI is InChI=1S/C22H21FN2O2/c1-27-15-20(26)25-22(17-9-11-19(23)12-10-17)21(16-6-3-2-4-7-16)18-8-5-13-24-14-18/h2-14,21-22H,15H2,1H3,(H,25,26). The quantitative estimate of drug-likeness (QED) is 0.693. The molecule has 1 amide bonds. The van der Waals surface area contributed by atoms with Crippen LogP contribution < -0.4 is 5.32 Å². The van der Waals surface area contributed by atoms with Crippen LogP contribution in [-0.4, -0.2) is 24.6 Å². The van der Waals surface area contributed by atoms with Gasteiger partial charge >= 0.3 is 0 Å². The van der Waals surface area contributed by atoms with Crippen molar-refractivity contribution in [2.24, 2.45) is 0 Å². The molecular weight excluding hydrogens is 343 g/mol. The molecule has 5 heteroatoms. The summed E-state index contributed by atoms with van der Waals surface area (Å²) in [6, 6.07) is 19.5. The van der Waals surface area contributed by atoms with E-state index in [4.69, 9.17) is 4.74 Å². The van der Waals surface area contributed by atoms with Crippen molar-refractivity contribution in [3.05, 3.63) is 102 Å². The number of nitrogens with zero attached hydrogens (tertiary/aromatic N) is 1. The maximum absolute atomic E-state index is 13.5. The number of amides is 1. The summed E-state index contributed by atoms with van der Waals surface area (Å²) in [5, 5.41) is 3.04. The van der Waals surface area contributed by atoms with Crippen molar-refractivity contribution in [1.82, 2.24) is 10.3 Å². The van der Waals surface area contributed by atoms with Crippen LogP contribution >= 0.6 is 0 Å². The Kier molecular flexibility index (Phi) is 6.28. The van der Waals surface area contributed by atoms with E-state index in [1.54, 1.807) is 24.5 Å². The maximum atomic E-state index is 13.5. The Morgan fingerprint density at radius 3 is 2.33 bits per heavy atom. The Hall–Kier alpha value is -3.05. The molecule has 27 heavy (non-hydrogen) atoms. The van der Waals surface area contributed by atoms with Crippen LogP contribution in [0.2, 0.25) is 0 Å². The van der Waals surface area contributed by atoms with Gasteiger partial charge in [-0.2, -0.15) is 0 Å². The zero-order valence-electron chi connectivity index (χ0n) is 15.0. The lowest BCUT2D eigenvalue weighted by atomic mass is 9.82. The van der Waals surface area contributed by atoms with Crippen LogP contribution in [0.3, 0.4) is 0 Å². The van der Waals surface area contributed by atoms with Gasteiger partial charge in [0.15, 0.2) is 0 Å². The van der Waals surface area contributed by atoms with Crippen molar-refractivity contribution >= 4 is 5.91 Å². The van der Waals surface area contributed by atoms with Gasteiger partial charge in [0.1, 0.15) is 12.4 Å². The topological polar surface area (TPSA) is 51.2 Å². The average Bonchev–Trinajstić information content (AvgIpc) is 2.70. The minimum Gasteiger partial charge on any atom is -0.375 e. The van der Waals surface area contributed by atoms with Gasteiger partial charge in [0.05, 0.1) is 6.04 Å². The van der Waals surface area contributed by atoms with Crippen molar-refractivity contribution in [2.75, 3.05) is 13.7 Å². The van der Waals surface area contributed by atoms with Gasteiger partial charge in [0, 0.05) is 25.4 Å². The molecule has 0 bridgehead atoms. The zero-order valence-corrected chi connectivity index (χ0v) is 15.0. The van der Waals surface area contributed by atoms with E-state index < -0.39 is 6.04 Å². The number of nitrogens with one attached hydrogen (secondary N) is 1. The summed E-state index contributed by atoms with van der Waals surface area (Å²) >= 11 is 0. The molecule has 1 heterocycles. The van der Waals surface area contributed by atoms with Crippen LogP contribution in [0.25, 0.3) is 0 Å². The minimum absolute atomic E-state index is 0.0494. The van der Waals surface area contributed by atoms with E-state index in [0.717, 1.165) is 16.7 Å². The molecule has 1 N–H and O–H groups in total. The van der Waals surface area contributed by atoms with Crippen LogP contribution in [0.1, 0.15) is 28.7 Å². The third-order valence-electron chi connectivity index (χ3n) is 4.36. The number of carbonyl (C=O) groups excluding carboxylic acids is 1. The van der Waals surface area contributed by atoms with Crippen LogP contribution in [0.5, 0.6) is 0 Å². The molecular formula is C22H21FN2O2. The third-order valence-corrected chi connectivity index (χ3v) is 4.36. The van der Waals surface area contributed by atoms with Crippen LogP contribution in [-0.2, 0) is 9.53 Å². The third kappa shape index (κ3) is 4.77. The van der Waals surface area contributed by atoms with Gasteiger partial charge in [-0.3, -0.25) is 9.78 Å². The summed E-state index contributed by atoms with van der Waals surface area (Å²) in [4.78, 5) is 16.6. The Balaban J connectivity index is 2.09. The first kappa shape index (κ1) is 18.7. The van der Waals surface area contributed by atoms with E-state index in [9.17, 15) is 9.18 Å². The molecule has 0 fully saturated rings. The largest absolute Gasteiger partial charge is 0.375 e. The summed E-state index contributed by atoms with van der Waals surface area (Å²) in [5.41, 5.74) is 2.78. The van der Waals surface area contributed by atoms with Gasteiger partial charge in [0.25, 0.3) is 0 Å². The zero-order chi connectivity index (χ0) is 19.1. The van der Waals surface area contributed by atoms with Gasteiger partial charge < -0.3 is 10.1 Å². The molecule has 0 saturated carbocycles. The number of hydrogen-bond acceptors (Lipinski definition) is 3. The first-order valence-electron chi connectivity index (χ1n) is 8.67. The lowest BCUT2D eigenvalue weighted by molar-refractivity contribution is -0.125. The lowest BCUT2D eigenvalue weighted by Gasteiger charge is -2.29. The molecule has 0 saturated heterocycles. The molecule has 0 aliphatic heterocycles. The van der Waals surface area contributed by atoms with E-state index in [-0.39, 0.29) is 24.2 Å². The van der Waals surface area contributed by atoms with Crippen LogP contribution in [0, 0.1) is 5.82 Å². The first-order chi connectivity index (χ1) is 13.2. The molecule has 0 aliphatic carbocycles. The van der Waals surface area contributed by atoms with Gasteiger partial charge in [-0.05, 0) is 34.9 Å². The molecule has 2 atom stereocenters. The second-order valence-corrected chi connectivity index (χ2v) is 6.20. The number of ether oxygens (including phenoxy) is 1. The minimum atomic E-state index is -0.403. The van der Waals surface area contributed by atoms with Crippen molar-refractivity contribution in [3.8, 4) is 0 Å². The van der Waals surface area contributed by atoms with Crippen LogP contribution in [0.15, 0.2) is 79.1 Å². The van der Waals surface area contributed by atoms with E-state index >= 15 is 0 Å². The Morgan fingerprint density at radius 2 is 1.70 bits per heavy atom. The van der Waals surface area contributed by atoms with Crippen molar-refractivity contribution in [3.63, 3.8) is 0 Å². The van der Waals surface area contributed by atoms with Crippen LogP contribution in [0.4, 0.5) is 4.39 Å². The molecule has 0 radical (unpaired) electrons. The fourth-order valence-electron chi connectivity index (χ4n) is 3.17. The molecule has 0 spiro atoms. The number of rotatable bonds is 7. The van der Waals surface area contributed by atoms with Crippen molar-refractivity contribution in [2.45, 2.75) is 12.0 Å². The summed E-state index contributed by atoms with van der Waals surface area (Å²) in [6.07, 6.45) is 3.50. The Labute approximate surface area is 158 Å². The number of benzene rings is 2. The first-order valence-corrected chi connectivity index (χ1v) is 8.67.